The number of aliphatic imine (C=N–C) groups is 1. The molecule has 0 bridgehead atoms. The normalized spacial score (nSPS) is 19.4. The maximum Gasteiger partial charge on any atom is 0.113 e. The van der Waals surface area contributed by atoms with Crippen molar-refractivity contribution in [1.82, 2.24) is 15.3 Å². The number of hydrogen-bond donors (Lipinski definition) is 2. The van der Waals surface area contributed by atoms with Crippen LogP contribution in [0.1, 0.15) is 12.8 Å². The van der Waals surface area contributed by atoms with Crippen LogP contribution in [0.4, 0.5) is 11.4 Å². The molecule has 0 atom stereocenters. The Morgan fingerprint density at radius 1 is 1.04 bits per heavy atom. The Hall–Kier alpha value is -1.05. The molecular weight excluding hydrogens is 361 g/mol. The van der Waals surface area contributed by atoms with E-state index in [1.807, 2.05) is 23.7 Å². The van der Waals surface area contributed by atoms with Crippen molar-refractivity contribution in [2.24, 2.45) is 4.99 Å². The molecule has 140 valence electrons. The zero-order valence-electron chi connectivity index (χ0n) is 14.4. The Bertz CT molecular complexity index is 558. The van der Waals surface area contributed by atoms with Crippen molar-refractivity contribution < 1.29 is 5.21 Å². The SMILES string of the molecule is Cl.ONC=Nc1ccc(N2CCN(CCN3CCCC3)CC2)c(Cl)c1. The van der Waals surface area contributed by atoms with Gasteiger partial charge in [-0.25, -0.2) is 4.99 Å². The molecule has 0 spiro atoms. The number of anilines is 1. The Morgan fingerprint density at radius 2 is 1.68 bits per heavy atom. The average Bonchev–Trinajstić information content (AvgIpc) is 3.12. The topological polar surface area (TPSA) is 54.3 Å². The van der Waals surface area contributed by atoms with Crippen LogP contribution in [0.3, 0.4) is 0 Å². The smallest absolute Gasteiger partial charge is 0.113 e. The fraction of sp³-hybridized carbons (Fsp3) is 0.588. The highest BCUT2D eigenvalue weighted by molar-refractivity contribution is 6.33. The monoisotopic (exact) mass is 387 g/mol. The highest BCUT2D eigenvalue weighted by Gasteiger charge is 2.20. The lowest BCUT2D eigenvalue weighted by molar-refractivity contribution is 0.215. The Balaban J connectivity index is 0.00000225. The number of halogens is 2. The van der Waals surface area contributed by atoms with Crippen molar-refractivity contribution in [3.63, 3.8) is 0 Å². The van der Waals surface area contributed by atoms with Gasteiger partial charge in [0.05, 0.1) is 16.4 Å². The summed E-state index contributed by atoms with van der Waals surface area (Å²) in [7, 11) is 0. The molecule has 0 aromatic heterocycles. The van der Waals surface area contributed by atoms with Gasteiger partial charge < -0.3 is 9.80 Å². The maximum absolute atomic E-state index is 8.54. The lowest BCUT2D eigenvalue weighted by atomic mass is 10.2. The first-order chi connectivity index (χ1) is 11.8. The number of hydrogen-bond acceptors (Lipinski definition) is 5. The number of hydroxylamine groups is 1. The first-order valence-corrected chi connectivity index (χ1v) is 9.05. The van der Waals surface area contributed by atoms with Crippen molar-refractivity contribution in [1.29, 1.82) is 0 Å². The van der Waals surface area contributed by atoms with Crippen LogP contribution in [0.5, 0.6) is 0 Å². The molecule has 2 heterocycles. The minimum atomic E-state index is 0. The average molecular weight is 388 g/mol. The predicted molar refractivity (Wildman–Crippen MR) is 106 cm³/mol. The molecule has 25 heavy (non-hydrogen) atoms. The van der Waals surface area contributed by atoms with E-state index in [2.05, 4.69) is 19.7 Å². The second-order valence-electron chi connectivity index (χ2n) is 6.40. The minimum Gasteiger partial charge on any atom is -0.368 e. The van der Waals surface area contributed by atoms with Crippen LogP contribution in [0.25, 0.3) is 0 Å². The Kier molecular flexibility index (Phi) is 8.26. The molecule has 1 aromatic carbocycles. The predicted octanol–water partition coefficient (Wildman–Crippen LogP) is 2.62. The van der Waals surface area contributed by atoms with E-state index in [-0.39, 0.29) is 12.4 Å². The summed E-state index contributed by atoms with van der Waals surface area (Å²) in [5.74, 6) is 0. The zero-order valence-corrected chi connectivity index (χ0v) is 16.0. The van der Waals surface area contributed by atoms with Crippen molar-refractivity contribution in [3.8, 4) is 0 Å². The van der Waals surface area contributed by atoms with Gasteiger partial charge in [-0.05, 0) is 44.1 Å². The molecule has 0 unspecified atom stereocenters. The molecule has 0 radical (unpaired) electrons. The largest absolute Gasteiger partial charge is 0.368 e. The molecule has 0 saturated carbocycles. The summed E-state index contributed by atoms with van der Waals surface area (Å²) in [6, 6.07) is 5.74. The van der Waals surface area contributed by atoms with E-state index in [0.29, 0.717) is 5.02 Å². The molecule has 2 saturated heterocycles. The third-order valence-electron chi connectivity index (χ3n) is 4.85. The van der Waals surface area contributed by atoms with E-state index in [0.717, 1.165) is 37.6 Å². The molecule has 2 aliphatic heterocycles. The fourth-order valence-corrected chi connectivity index (χ4v) is 3.73. The van der Waals surface area contributed by atoms with Gasteiger partial charge in [0.2, 0.25) is 0 Å². The van der Waals surface area contributed by atoms with Gasteiger partial charge in [0.1, 0.15) is 6.34 Å². The molecule has 2 N–H and O–H groups in total. The standard InChI is InChI=1S/C17H26ClN5O.ClH/c18-16-13-15(19-14-20-24)3-4-17(16)23-11-9-22(10-12-23)8-7-21-5-1-2-6-21;/h3-4,13-14,24H,1-2,5-12H2,(H,19,20);1H. The Labute approximate surface area is 160 Å². The molecule has 2 fully saturated rings. The van der Waals surface area contributed by atoms with Crippen LogP contribution < -0.4 is 10.4 Å². The summed E-state index contributed by atoms with van der Waals surface area (Å²) < 4.78 is 0. The van der Waals surface area contributed by atoms with Crippen LogP contribution in [0.2, 0.25) is 5.02 Å². The van der Waals surface area contributed by atoms with Crippen LogP contribution in [-0.4, -0.2) is 73.7 Å². The van der Waals surface area contributed by atoms with Crippen LogP contribution in [0.15, 0.2) is 23.2 Å². The lowest BCUT2D eigenvalue weighted by Crippen LogP contribution is -2.48. The van der Waals surface area contributed by atoms with Crippen LogP contribution in [0, 0.1) is 0 Å². The number of piperazine rings is 1. The number of likely N-dealkylation sites (tertiary alicyclic amines) is 1. The van der Waals surface area contributed by atoms with E-state index >= 15 is 0 Å². The van der Waals surface area contributed by atoms with Gasteiger partial charge >= 0.3 is 0 Å². The highest BCUT2D eigenvalue weighted by atomic mass is 35.5. The summed E-state index contributed by atoms with van der Waals surface area (Å²) in [5.41, 5.74) is 3.68. The van der Waals surface area contributed by atoms with E-state index in [9.17, 15) is 0 Å². The first-order valence-electron chi connectivity index (χ1n) is 8.67. The first kappa shape index (κ1) is 20.3. The van der Waals surface area contributed by atoms with Crippen molar-refractivity contribution in [2.75, 3.05) is 57.3 Å². The fourth-order valence-electron chi connectivity index (χ4n) is 3.44. The molecule has 1 aromatic rings. The molecule has 0 aliphatic carbocycles. The molecule has 8 heteroatoms. The van der Waals surface area contributed by atoms with E-state index in [4.69, 9.17) is 16.8 Å². The summed E-state index contributed by atoms with van der Waals surface area (Å²) >= 11 is 6.41. The molecule has 0 amide bonds. The number of rotatable bonds is 6. The van der Waals surface area contributed by atoms with Gasteiger partial charge in [-0.3, -0.25) is 15.6 Å². The van der Waals surface area contributed by atoms with Gasteiger partial charge in [-0.1, -0.05) is 11.6 Å². The van der Waals surface area contributed by atoms with Gasteiger partial charge in [-0.15, -0.1) is 12.4 Å². The summed E-state index contributed by atoms with van der Waals surface area (Å²) in [4.78, 5) is 11.5. The maximum atomic E-state index is 8.54. The number of benzene rings is 1. The summed E-state index contributed by atoms with van der Waals surface area (Å²) in [6.45, 7) is 9.08. The minimum absolute atomic E-state index is 0. The molecular formula is C17H27Cl2N5O. The van der Waals surface area contributed by atoms with Crippen molar-refractivity contribution in [2.45, 2.75) is 12.8 Å². The summed E-state index contributed by atoms with van der Waals surface area (Å²) in [6.07, 6.45) is 3.95. The molecule has 2 aliphatic rings. The van der Waals surface area contributed by atoms with E-state index in [1.165, 1.54) is 45.4 Å². The zero-order chi connectivity index (χ0) is 16.8. The van der Waals surface area contributed by atoms with Gasteiger partial charge in [0.15, 0.2) is 0 Å². The van der Waals surface area contributed by atoms with E-state index < -0.39 is 0 Å². The quantitative estimate of drug-likeness (QED) is 0.446. The summed E-state index contributed by atoms with van der Waals surface area (Å²) in [5, 5.41) is 9.25. The number of nitrogens with one attached hydrogen (secondary N) is 1. The molecule has 3 rings (SSSR count). The molecule has 6 nitrogen and oxygen atoms in total. The van der Waals surface area contributed by atoms with Crippen LogP contribution >= 0.6 is 24.0 Å². The van der Waals surface area contributed by atoms with Gasteiger partial charge in [-0.2, -0.15) is 0 Å². The second-order valence-corrected chi connectivity index (χ2v) is 6.81. The van der Waals surface area contributed by atoms with E-state index in [1.54, 1.807) is 0 Å². The van der Waals surface area contributed by atoms with Gasteiger partial charge in [0.25, 0.3) is 0 Å². The van der Waals surface area contributed by atoms with Gasteiger partial charge in [0, 0.05) is 39.3 Å². The third-order valence-corrected chi connectivity index (χ3v) is 5.15. The van der Waals surface area contributed by atoms with Crippen LogP contribution in [-0.2, 0) is 0 Å². The Morgan fingerprint density at radius 3 is 2.28 bits per heavy atom. The third kappa shape index (κ3) is 5.72. The lowest BCUT2D eigenvalue weighted by Gasteiger charge is -2.37. The highest BCUT2D eigenvalue weighted by Crippen LogP contribution is 2.30. The van der Waals surface area contributed by atoms with Crippen molar-refractivity contribution in [3.05, 3.63) is 23.2 Å². The second kappa shape index (κ2) is 10.2. The van der Waals surface area contributed by atoms with Crippen molar-refractivity contribution >= 4 is 41.7 Å². The number of nitrogens with zero attached hydrogens (tertiary/aromatic N) is 4.